The van der Waals surface area contributed by atoms with Crippen molar-refractivity contribution in [3.63, 3.8) is 0 Å². The number of nitrogens with zero attached hydrogens (tertiary/aromatic N) is 1. The van der Waals surface area contributed by atoms with Gasteiger partial charge in [0.15, 0.2) is 5.43 Å². The summed E-state index contributed by atoms with van der Waals surface area (Å²) >= 11 is 0. The molecule has 0 saturated carbocycles. The van der Waals surface area contributed by atoms with Gasteiger partial charge in [0.05, 0.1) is 17.0 Å². The highest BCUT2D eigenvalue weighted by atomic mass is 19.1. The Balaban J connectivity index is 1.78. The zero-order chi connectivity index (χ0) is 23.2. The van der Waals surface area contributed by atoms with Gasteiger partial charge in [0, 0.05) is 24.3 Å². The van der Waals surface area contributed by atoms with Gasteiger partial charge < -0.3 is 14.6 Å². The van der Waals surface area contributed by atoms with Crippen molar-refractivity contribution in [2.24, 2.45) is 5.41 Å². The van der Waals surface area contributed by atoms with Gasteiger partial charge in [0.2, 0.25) is 5.88 Å². The minimum absolute atomic E-state index is 0.00419. The molecule has 1 saturated heterocycles. The number of anilines is 2. The first-order chi connectivity index (χ1) is 15.1. The van der Waals surface area contributed by atoms with Crippen LogP contribution in [0.25, 0.3) is 11.0 Å². The highest BCUT2D eigenvalue weighted by molar-refractivity contribution is 6.35. The van der Waals surface area contributed by atoms with Crippen LogP contribution < -0.4 is 21.1 Å². The first kappa shape index (κ1) is 22.4. The minimum atomic E-state index is -0.377. The molecule has 0 spiro atoms. The van der Waals surface area contributed by atoms with Crippen LogP contribution in [0.1, 0.15) is 56.3 Å². The molecule has 4 rings (SSSR count). The summed E-state index contributed by atoms with van der Waals surface area (Å²) in [5.41, 5.74) is 4.38. The van der Waals surface area contributed by atoms with Crippen LogP contribution in [0.4, 0.5) is 16.0 Å². The third kappa shape index (κ3) is 4.28. The summed E-state index contributed by atoms with van der Waals surface area (Å²) in [6, 6.07) is 8.01. The molecule has 166 valence electrons. The number of hydrogen-bond acceptors (Lipinski definition) is 4. The Kier molecular flexibility index (Phi) is 5.82. The van der Waals surface area contributed by atoms with E-state index in [0.717, 1.165) is 37.1 Å². The first-order valence-electron chi connectivity index (χ1n) is 11.2. The Morgan fingerprint density at radius 1 is 1.16 bits per heavy atom. The maximum absolute atomic E-state index is 13.5. The molecule has 32 heavy (non-hydrogen) atoms. The lowest BCUT2D eigenvalue weighted by Crippen LogP contribution is -2.38. The fraction of sp³-hybridized carbons (Fsp3) is 0.423. The molecule has 1 unspecified atom stereocenters. The molecule has 0 amide bonds. The van der Waals surface area contributed by atoms with Crippen LogP contribution >= 0.6 is 0 Å². The summed E-state index contributed by atoms with van der Waals surface area (Å²) < 4.78 is 19.9. The van der Waals surface area contributed by atoms with Gasteiger partial charge in [-0.2, -0.15) is 0 Å². The second kappa shape index (κ2) is 8.30. The molecule has 2 heterocycles. The molecule has 0 aliphatic carbocycles. The summed E-state index contributed by atoms with van der Waals surface area (Å²) in [5, 5.41) is 3.93. The number of benzene rings is 2. The van der Waals surface area contributed by atoms with E-state index in [1.165, 1.54) is 12.1 Å². The van der Waals surface area contributed by atoms with Crippen LogP contribution in [0.15, 0.2) is 39.5 Å². The maximum Gasteiger partial charge on any atom is 0.202 e. The average molecular weight is 432 g/mol. The number of aryl methyl sites for hydroxylation is 1. The normalized spacial score (nSPS) is 16.9. The van der Waals surface area contributed by atoms with Gasteiger partial charge in [-0.3, -0.25) is 4.79 Å². The number of piperidine rings is 1. The van der Waals surface area contributed by atoms with E-state index in [1.54, 1.807) is 6.07 Å². The predicted molar refractivity (Wildman–Crippen MR) is 131 cm³/mol. The summed E-state index contributed by atoms with van der Waals surface area (Å²) in [6.45, 7) is 12.1. The molecule has 1 atom stereocenters. The molecule has 1 aliphatic heterocycles. The Morgan fingerprint density at radius 2 is 1.84 bits per heavy atom. The van der Waals surface area contributed by atoms with Crippen molar-refractivity contribution in [1.82, 2.24) is 0 Å². The molecule has 0 bridgehead atoms. The van der Waals surface area contributed by atoms with E-state index in [9.17, 15) is 9.18 Å². The Labute approximate surface area is 190 Å². The summed E-state index contributed by atoms with van der Waals surface area (Å²) in [5.74, 6) is 0.286. The third-order valence-electron chi connectivity index (χ3n) is 6.62. The molecule has 1 aliphatic rings. The molecule has 2 aromatic carbocycles. The van der Waals surface area contributed by atoms with Crippen LogP contribution in [0.2, 0.25) is 0 Å². The summed E-state index contributed by atoms with van der Waals surface area (Å²) in [4.78, 5) is 15.5. The number of halogens is 1. The molecule has 1 fully saturated rings. The second-order valence-electron chi connectivity index (χ2n) is 9.84. The Bertz CT molecular complexity index is 1220. The van der Waals surface area contributed by atoms with Gasteiger partial charge in [0.25, 0.3) is 0 Å². The van der Waals surface area contributed by atoms with E-state index in [-0.39, 0.29) is 17.3 Å². The quantitative estimate of drug-likeness (QED) is 0.580. The van der Waals surface area contributed by atoms with E-state index < -0.39 is 0 Å². The number of hydrogen-bond donors (Lipinski definition) is 1. The molecule has 1 N–H and O–H groups in total. The van der Waals surface area contributed by atoms with Crippen molar-refractivity contribution in [2.45, 2.75) is 53.5 Å². The van der Waals surface area contributed by atoms with Gasteiger partial charge in [-0.05, 0) is 68.9 Å². The molecular formula is C26H30BFN2O2. The number of rotatable bonds is 4. The van der Waals surface area contributed by atoms with Crippen LogP contribution in [0.5, 0.6) is 0 Å². The largest absolute Gasteiger partial charge is 0.440 e. The molecule has 6 heteroatoms. The Hall–Kier alpha value is -2.76. The zero-order valence-electron chi connectivity index (χ0n) is 19.5. The van der Waals surface area contributed by atoms with Crippen molar-refractivity contribution in [3.8, 4) is 0 Å². The van der Waals surface area contributed by atoms with Crippen molar-refractivity contribution < 1.29 is 8.81 Å². The van der Waals surface area contributed by atoms with E-state index in [1.807, 2.05) is 32.9 Å². The number of nitrogens with one attached hydrogen (secondary N) is 1. The Morgan fingerprint density at radius 3 is 2.50 bits per heavy atom. The summed E-state index contributed by atoms with van der Waals surface area (Å²) in [7, 11) is 6.00. The van der Waals surface area contributed by atoms with Crippen LogP contribution in [0, 0.1) is 25.1 Å². The molecular weight excluding hydrogens is 402 g/mol. The highest BCUT2D eigenvalue weighted by Crippen LogP contribution is 2.35. The van der Waals surface area contributed by atoms with Crippen LogP contribution in [0.3, 0.4) is 0 Å². The van der Waals surface area contributed by atoms with Gasteiger partial charge >= 0.3 is 0 Å². The standard InChI is InChI=1S/C26H30BFN2O2/c1-15-12-19(17(3)29-22-7-6-18(28)14-21(22)27)24-20(13-15)23(31)16(2)25(32-24)30-10-8-26(4,5)9-11-30/h6-7,12-14,17,29H,8-11H2,1-5H3. The minimum Gasteiger partial charge on any atom is -0.440 e. The van der Waals surface area contributed by atoms with Gasteiger partial charge in [0.1, 0.15) is 19.2 Å². The van der Waals surface area contributed by atoms with Gasteiger partial charge in [-0.25, -0.2) is 4.39 Å². The van der Waals surface area contributed by atoms with Crippen molar-refractivity contribution in [1.29, 1.82) is 0 Å². The smallest absolute Gasteiger partial charge is 0.202 e. The fourth-order valence-electron chi connectivity index (χ4n) is 4.47. The third-order valence-corrected chi connectivity index (χ3v) is 6.62. The topological polar surface area (TPSA) is 45.5 Å². The van der Waals surface area contributed by atoms with Gasteiger partial charge in [-0.15, -0.1) is 0 Å². The van der Waals surface area contributed by atoms with Crippen molar-refractivity contribution >= 4 is 35.8 Å². The fourth-order valence-corrected chi connectivity index (χ4v) is 4.47. The maximum atomic E-state index is 13.5. The molecule has 4 nitrogen and oxygen atoms in total. The number of fused-ring (bicyclic) bond motifs is 1. The summed E-state index contributed by atoms with van der Waals surface area (Å²) in [6.07, 6.45) is 2.10. The second-order valence-corrected chi connectivity index (χ2v) is 9.84. The average Bonchev–Trinajstić information content (AvgIpc) is 2.73. The molecule has 1 aromatic heterocycles. The lowest BCUT2D eigenvalue weighted by molar-refractivity contribution is 0.274. The van der Waals surface area contributed by atoms with Crippen molar-refractivity contribution in [2.75, 3.05) is 23.3 Å². The lowest BCUT2D eigenvalue weighted by atomic mass is 9.82. The first-order valence-corrected chi connectivity index (χ1v) is 11.2. The predicted octanol–water partition coefficient (Wildman–Crippen LogP) is 5.14. The highest BCUT2D eigenvalue weighted by Gasteiger charge is 2.28. The van der Waals surface area contributed by atoms with Gasteiger partial charge in [-0.1, -0.05) is 25.4 Å². The van der Waals surface area contributed by atoms with E-state index in [2.05, 4.69) is 24.1 Å². The van der Waals surface area contributed by atoms with Crippen molar-refractivity contribution in [3.05, 3.63) is 63.1 Å². The van der Waals surface area contributed by atoms with E-state index >= 15 is 0 Å². The molecule has 3 aromatic rings. The van der Waals surface area contributed by atoms with E-state index in [4.69, 9.17) is 12.3 Å². The zero-order valence-corrected chi connectivity index (χ0v) is 19.5. The van der Waals surface area contributed by atoms with Crippen LogP contribution in [-0.4, -0.2) is 20.9 Å². The SMILES string of the molecule is [B]c1cc(F)ccc1NC(C)c1cc(C)cc2c(=O)c(C)c(N3CCC(C)(C)CC3)oc12. The van der Waals surface area contributed by atoms with E-state index in [0.29, 0.717) is 39.0 Å². The molecule has 2 radical (unpaired) electrons. The monoisotopic (exact) mass is 432 g/mol. The van der Waals surface area contributed by atoms with Crippen LogP contribution in [-0.2, 0) is 0 Å². The lowest BCUT2D eigenvalue weighted by Gasteiger charge is -2.37.